The van der Waals surface area contributed by atoms with Gasteiger partial charge in [0.05, 0.1) is 0 Å². The molecule has 2 unspecified atom stereocenters. The second-order valence-corrected chi connectivity index (χ2v) is 7.78. The number of benzene rings is 2. The van der Waals surface area contributed by atoms with Crippen LogP contribution in [0.3, 0.4) is 0 Å². The molecule has 31 heavy (non-hydrogen) atoms. The molecule has 0 aliphatic carbocycles. The average molecular weight is 440 g/mol. The molecular weight excluding hydrogens is 414 g/mol. The van der Waals surface area contributed by atoms with Crippen LogP contribution in [0.2, 0.25) is 0 Å². The van der Waals surface area contributed by atoms with Crippen LogP contribution in [-0.2, 0) is 14.3 Å². The largest absolute Gasteiger partial charge is 0.506 e. The molecule has 9 heteroatoms. The fraction of sp³-hybridized carbons (Fsp3) is 0.455. The molecule has 0 heterocycles. The van der Waals surface area contributed by atoms with Crippen LogP contribution in [0.5, 0.6) is 11.5 Å². The molecule has 0 saturated carbocycles. The van der Waals surface area contributed by atoms with Gasteiger partial charge in [-0.2, -0.15) is 8.78 Å². The summed E-state index contributed by atoms with van der Waals surface area (Å²) in [4.78, 5) is 23.7. The Morgan fingerprint density at radius 3 is 2.10 bits per heavy atom. The lowest BCUT2D eigenvalue weighted by Gasteiger charge is -2.27. The van der Waals surface area contributed by atoms with Crippen molar-refractivity contribution in [3.8, 4) is 11.5 Å². The molecule has 2 rings (SSSR count). The number of carboxylic acids is 1. The molecule has 0 amide bonds. The van der Waals surface area contributed by atoms with E-state index < -0.39 is 47.5 Å². The van der Waals surface area contributed by atoms with Crippen molar-refractivity contribution in [2.45, 2.75) is 46.0 Å². The van der Waals surface area contributed by atoms with Gasteiger partial charge in [-0.25, -0.2) is 9.59 Å². The zero-order valence-corrected chi connectivity index (χ0v) is 17.9. The minimum absolute atomic E-state index is 0.0625. The number of halogens is 2. The summed E-state index contributed by atoms with van der Waals surface area (Å²) in [6.07, 6.45) is -2.92. The van der Waals surface area contributed by atoms with Gasteiger partial charge in [0.25, 0.3) is 0 Å². The van der Waals surface area contributed by atoms with E-state index in [9.17, 15) is 23.5 Å². The van der Waals surface area contributed by atoms with E-state index in [0.29, 0.717) is 5.39 Å². The molecule has 7 nitrogen and oxygen atoms in total. The Hall–Kier alpha value is -2.94. The SMILES string of the molecule is COC(Oc1cc(C(=O)OC(C(C)C)C(F)(F)C(=O)O)c(O)c2ccccc12)C(C)C. The van der Waals surface area contributed by atoms with Gasteiger partial charge in [0, 0.05) is 23.8 Å². The third-order valence-corrected chi connectivity index (χ3v) is 4.70. The van der Waals surface area contributed by atoms with Crippen molar-refractivity contribution in [3.63, 3.8) is 0 Å². The van der Waals surface area contributed by atoms with E-state index in [0.717, 1.165) is 0 Å². The predicted molar refractivity (Wildman–Crippen MR) is 109 cm³/mol. The summed E-state index contributed by atoms with van der Waals surface area (Å²) in [5.74, 6) is -9.41. The highest BCUT2D eigenvalue weighted by Crippen LogP contribution is 2.38. The molecule has 0 bridgehead atoms. The quantitative estimate of drug-likeness (QED) is 0.439. The first-order chi connectivity index (χ1) is 14.4. The van der Waals surface area contributed by atoms with Crippen molar-refractivity contribution in [1.29, 1.82) is 0 Å². The molecular formula is C22H26F2O7. The van der Waals surface area contributed by atoms with Gasteiger partial charge in [-0.1, -0.05) is 52.0 Å². The van der Waals surface area contributed by atoms with Crippen molar-refractivity contribution in [2.24, 2.45) is 11.8 Å². The molecule has 0 fully saturated rings. The summed E-state index contributed by atoms with van der Waals surface area (Å²) in [7, 11) is 1.45. The van der Waals surface area contributed by atoms with Crippen molar-refractivity contribution in [2.75, 3.05) is 7.11 Å². The number of phenolic OH excluding ortho intramolecular Hbond substituents is 1. The topological polar surface area (TPSA) is 102 Å². The van der Waals surface area contributed by atoms with Gasteiger partial charge in [0.2, 0.25) is 6.29 Å². The summed E-state index contributed by atoms with van der Waals surface area (Å²) in [5, 5.41) is 20.2. The van der Waals surface area contributed by atoms with Crippen molar-refractivity contribution in [1.82, 2.24) is 0 Å². The number of phenols is 1. The Morgan fingerprint density at radius 1 is 1.03 bits per heavy atom. The molecule has 0 saturated heterocycles. The van der Waals surface area contributed by atoms with Gasteiger partial charge in [-0.3, -0.25) is 0 Å². The van der Waals surface area contributed by atoms with Crippen LogP contribution in [0, 0.1) is 11.8 Å². The molecule has 2 aromatic rings. The number of esters is 1. The standard InChI is InChI=1S/C22H26F2O7/c1-11(2)18(22(23,24)21(27)28)31-19(26)15-10-16(30-20(29-5)12(3)4)13-8-6-7-9-14(13)17(15)25/h6-12,18,20,25H,1-5H3,(H,27,28). The summed E-state index contributed by atoms with van der Waals surface area (Å²) >= 11 is 0. The first-order valence-electron chi connectivity index (χ1n) is 9.68. The number of carbonyl (C=O) groups is 2. The number of alkyl halides is 2. The number of carboxylic acid groups (broad SMARTS) is 1. The molecule has 2 N–H and O–H groups in total. The Bertz CT molecular complexity index is 956. The minimum atomic E-state index is -4.31. The van der Waals surface area contributed by atoms with Gasteiger partial charge >= 0.3 is 17.9 Å². The third-order valence-electron chi connectivity index (χ3n) is 4.70. The molecule has 0 aliphatic rings. The zero-order valence-electron chi connectivity index (χ0n) is 17.9. The molecule has 0 aliphatic heterocycles. The van der Waals surface area contributed by atoms with E-state index in [4.69, 9.17) is 19.3 Å². The molecule has 0 radical (unpaired) electrons. The van der Waals surface area contributed by atoms with Crippen LogP contribution in [0.4, 0.5) is 8.78 Å². The van der Waals surface area contributed by atoms with Crippen LogP contribution in [0.15, 0.2) is 30.3 Å². The van der Waals surface area contributed by atoms with Crippen LogP contribution < -0.4 is 4.74 Å². The van der Waals surface area contributed by atoms with Gasteiger partial charge in [-0.15, -0.1) is 0 Å². The second-order valence-electron chi connectivity index (χ2n) is 7.78. The number of fused-ring (bicyclic) bond motifs is 1. The van der Waals surface area contributed by atoms with E-state index in [1.54, 1.807) is 18.2 Å². The van der Waals surface area contributed by atoms with Crippen molar-refractivity contribution >= 4 is 22.7 Å². The Labute approximate surface area is 178 Å². The summed E-state index contributed by atoms with van der Waals surface area (Å²) in [6, 6.07) is 7.67. The monoisotopic (exact) mass is 440 g/mol. The van der Waals surface area contributed by atoms with E-state index in [1.165, 1.54) is 33.1 Å². The maximum Gasteiger partial charge on any atom is 0.378 e. The Balaban J connectivity index is 2.55. The van der Waals surface area contributed by atoms with Crippen molar-refractivity contribution < 1.29 is 42.8 Å². The molecule has 2 atom stereocenters. The summed E-state index contributed by atoms with van der Waals surface area (Å²) in [5.41, 5.74) is -0.431. The number of hydrogen-bond acceptors (Lipinski definition) is 6. The lowest BCUT2D eigenvalue weighted by atomic mass is 10.00. The Kier molecular flexibility index (Phi) is 7.43. The maximum absolute atomic E-state index is 14.1. The van der Waals surface area contributed by atoms with Gasteiger partial charge < -0.3 is 24.4 Å². The zero-order chi connectivity index (χ0) is 23.5. The van der Waals surface area contributed by atoms with Crippen LogP contribution in [0.1, 0.15) is 38.1 Å². The van der Waals surface area contributed by atoms with Crippen molar-refractivity contribution in [3.05, 3.63) is 35.9 Å². The Morgan fingerprint density at radius 2 is 1.61 bits per heavy atom. The van der Waals surface area contributed by atoms with E-state index in [2.05, 4.69) is 0 Å². The molecule has 0 aromatic heterocycles. The number of ether oxygens (including phenoxy) is 3. The molecule has 2 aromatic carbocycles. The molecule has 0 spiro atoms. The predicted octanol–water partition coefficient (Wildman–Crippen LogP) is 4.45. The lowest BCUT2D eigenvalue weighted by molar-refractivity contribution is -0.187. The lowest BCUT2D eigenvalue weighted by Crippen LogP contribution is -2.47. The average Bonchev–Trinajstić information content (AvgIpc) is 2.70. The number of hydrogen-bond donors (Lipinski definition) is 2. The number of rotatable bonds is 9. The highest BCUT2D eigenvalue weighted by Gasteiger charge is 2.52. The highest BCUT2D eigenvalue weighted by atomic mass is 19.3. The van der Waals surface area contributed by atoms with Crippen LogP contribution >= 0.6 is 0 Å². The number of aromatic hydroxyl groups is 1. The summed E-state index contributed by atoms with van der Waals surface area (Å²) in [6.45, 7) is 6.31. The maximum atomic E-state index is 14.1. The third kappa shape index (κ3) is 5.04. The molecule has 170 valence electrons. The fourth-order valence-corrected chi connectivity index (χ4v) is 3.09. The number of methoxy groups -OCH3 is 1. The first kappa shape index (κ1) is 24.3. The first-order valence-corrected chi connectivity index (χ1v) is 9.68. The fourth-order valence-electron chi connectivity index (χ4n) is 3.09. The second kappa shape index (κ2) is 9.47. The normalized spacial score (nSPS) is 14.0. The van der Waals surface area contributed by atoms with Gasteiger partial charge in [-0.05, 0) is 12.0 Å². The highest BCUT2D eigenvalue weighted by molar-refractivity contribution is 6.04. The summed E-state index contributed by atoms with van der Waals surface area (Å²) < 4.78 is 44.2. The number of carbonyl (C=O) groups excluding carboxylic acids is 1. The van der Waals surface area contributed by atoms with Crippen LogP contribution in [0.25, 0.3) is 10.8 Å². The smallest absolute Gasteiger partial charge is 0.378 e. The van der Waals surface area contributed by atoms with E-state index in [-0.39, 0.29) is 17.1 Å². The van der Waals surface area contributed by atoms with Gasteiger partial charge in [0.1, 0.15) is 17.1 Å². The minimum Gasteiger partial charge on any atom is -0.506 e. The van der Waals surface area contributed by atoms with Crippen LogP contribution in [-0.4, -0.2) is 47.6 Å². The van der Waals surface area contributed by atoms with E-state index >= 15 is 0 Å². The van der Waals surface area contributed by atoms with E-state index in [1.807, 2.05) is 13.8 Å². The number of aliphatic carboxylic acids is 1. The van der Waals surface area contributed by atoms with Gasteiger partial charge in [0.15, 0.2) is 6.10 Å².